The number of hydrogen-bond donors (Lipinski definition) is 2. The summed E-state index contributed by atoms with van der Waals surface area (Å²) < 4.78 is 0. The topological polar surface area (TPSA) is 41.1 Å². The van der Waals surface area contributed by atoms with Gasteiger partial charge in [-0.05, 0) is 42.5 Å². The van der Waals surface area contributed by atoms with Crippen molar-refractivity contribution in [2.45, 2.75) is 11.3 Å². The third-order valence-electron chi connectivity index (χ3n) is 3.04. The molecule has 0 bridgehead atoms. The molecule has 0 radical (unpaired) electrons. The normalized spacial score (nSPS) is 10.3. The number of benzene rings is 2. The summed E-state index contributed by atoms with van der Waals surface area (Å²) in [5.41, 5.74) is 1.83. The second-order valence-corrected chi connectivity index (χ2v) is 6.24. The zero-order valence-corrected chi connectivity index (χ0v) is 14.4. The van der Waals surface area contributed by atoms with Crippen LogP contribution >= 0.6 is 35.0 Å². The minimum atomic E-state index is -0.221. The molecule has 0 saturated carbocycles. The number of carbonyl (C=O) groups excluding carboxylic acids is 1. The fourth-order valence-electron chi connectivity index (χ4n) is 1.93. The van der Waals surface area contributed by atoms with E-state index < -0.39 is 0 Å². The molecule has 0 fully saturated rings. The molecule has 0 aromatic heterocycles. The molecule has 0 heterocycles. The molecule has 0 atom stereocenters. The second-order valence-electron chi connectivity index (χ2n) is 4.58. The molecule has 22 heavy (non-hydrogen) atoms. The summed E-state index contributed by atoms with van der Waals surface area (Å²) in [5, 5.41) is 6.74. The van der Waals surface area contributed by atoms with Gasteiger partial charge in [0, 0.05) is 11.4 Å². The molecule has 116 valence electrons. The molecule has 0 saturated heterocycles. The van der Waals surface area contributed by atoms with Crippen molar-refractivity contribution < 1.29 is 4.79 Å². The van der Waals surface area contributed by atoms with Gasteiger partial charge in [0.05, 0.1) is 15.7 Å². The van der Waals surface area contributed by atoms with Crippen molar-refractivity contribution in [2.24, 2.45) is 0 Å². The molecule has 3 nitrogen and oxygen atoms in total. The Kier molecular flexibility index (Phi) is 6.43. The molecule has 6 heteroatoms. The van der Waals surface area contributed by atoms with Crippen molar-refractivity contribution in [3.8, 4) is 0 Å². The van der Waals surface area contributed by atoms with Crippen LogP contribution in [0.4, 0.5) is 10.5 Å². The van der Waals surface area contributed by atoms with Crippen LogP contribution in [-0.4, -0.2) is 18.8 Å². The summed E-state index contributed by atoms with van der Waals surface area (Å²) in [7, 11) is 0. The molecule has 0 aliphatic carbocycles. The van der Waals surface area contributed by atoms with E-state index in [4.69, 9.17) is 23.2 Å². The Morgan fingerprint density at radius 3 is 2.64 bits per heavy atom. The summed E-state index contributed by atoms with van der Waals surface area (Å²) in [6.45, 7) is 0.519. The first-order valence-corrected chi connectivity index (χ1v) is 8.70. The smallest absolute Gasteiger partial charge is 0.319 e. The van der Waals surface area contributed by atoms with E-state index in [1.54, 1.807) is 17.8 Å². The number of nitrogens with one attached hydrogen (secondary N) is 2. The highest BCUT2D eigenvalue weighted by Gasteiger charge is 2.05. The quantitative estimate of drug-likeness (QED) is 0.735. The first kappa shape index (κ1) is 17.0. The third kappa shape index (κ3) is 4.83. The number of carbonyl (C=O) groups is 1. The number of urea groups is 1. The number of halogens is 2. The maximum Gasteiger partial charge on any atom is 0.319 e. The number of thioether (sulfide) groups is 1. The summed E-state index contributed by atoms with van der Waals surface area (Å²) in [6, 6.07) is 12.9. The van der Waals surface area contributed by atoms with E-state index >= 15 is 0 Å². The van der Waals surface area contributed by atoms with Crippen LogP contribution in [0.5, 0.6) is 0 Å². The van der Waals surface area contributed by atoms with Crippen LogP contribution in [0.25, 0.3) is 0 Å². The van der Waals surface area contributed by atoms with Gasteiger partial charge in [0.25, 0.3) is 0 Å². The van der Waals surface area contributed by atoms with E-state index in [2.05, 4.69) is 10.6 Å². The highest BCUT2D eigenvalue weighted by atomic mass is 35.5. The minimum absolute atomic E-state index is 0.221. The average molecular weight is 355 g/mol. The van der Waals surface area contributed by atoms with E-state index in [1.165, 1.54) is 0 Å². The lowest BCUT2D eigenvalue weighted by Gasteiger charge is -2.10. The maximum absolute atomic E-state index is 11.9. The molecule has 0 aliphatic heterocycles. The van der Waals surface area contributed by atoms with Crippen molar-refractivity contribution in [3.05, 3.63) is 58.1 Å². The molecule has 2 rings (SSSR count). The Balaban J connectivity index is 1.84. The fraction of sp³-hybridized carbons (Fsp3) is 0.188. The van der Waals surface area contributed by atoms with Gasteiger partial charge in [-0.3, -0.25) is 0 Å². The Hall–Kier alpha value is -1.36. The zero-order valence-electron chi connectivity index (χ0n) is 12.0. The SMILES string of the molecule is CSc1ccccc1NC(=O)NCCc1ccc(Cl)c(Cl)c1. The Morgan fingerprint density at radius 1 is 1.14 bits per heavy atom. The summed E-state index contributed by atoms with van der Waals surface area (Å²) in [5.74, 6) is 0. The number of anilines is 1. The van der Waals surface area contributed by atoms with Gasteiger partial charge in [-0.1, -0.05) is 41.4 Å². The maximum atomic E-state index is 11.9. The zero-order chi connectivity index (χ0) is 15.9. The predicted octanol–water partition coefficient (Wildman–Crippen LogP) is 5.08. The van der Waals surface area contributed by atoms with Gasteiger partial charge in [-0.2, -0.15) is 0 Å². The van der Waals surface area contributed by atoms with Crippen LogP contribution in [0, 0.1) is 0 Å². The second kappa shape index (κ2) is 8.32. The van der Waals surface area contributed by atoms with Crippen molar-refractivity contribution in [3.63, 3.8) is 0 Å². The summed E-state index contributed by atoms with van der Waals surface area (Å²) in [4.78, 5) is 12.9. The molecule has 0 spiro atoms. The van der Waals surface area contributed by atoms with E-state index in [0.717, 1.165) is 16.1 Å². The van der Waals surface area contributed by atoms with E-state index in [1.807, 2.05) is 42.7 Å². The largest absolute Gasteiger partial charge is 0.338 e. The van der Waals surface area contributed by atoms with Gasteiger partial charge in [-0.15, -0.1) is 11.8 Å². The first-order valence-electron chi connectivity index (χ1n) is 6.72. The van der Waals surface area contributed by atoms with Crippen LogP contribution in [0.15, 0.2) is 47.4 Å². The molecule has 2 N–H and O–H groups in total. The van der Waals surface area contributed by atoms with Crippen LogP contribution in [0.1, 0.15) is 5.56 Å². The molecule has 2 aromatic rings. The molecule has 2 amide bonds. The van der Waals surface area contributed by atoms with Crippen LogP contribution in [0.3, 0.4) is 0 Å². The average Bonchev–Trinajstić information content (AvgIpc) is 2.51. The highest BCUT2D eigenvalue weighted by Crippen LogP contribution is 2.24. The third-order valence-corrected chi connectivity index (χ3v) is 4.57. The standard InChI is InChI=1S/C16H16Cl2N2OS/c1-22-15-5-3-2-4-14(15)20-16(21)19-9-8-11-6-7-12(17)13(18)10-11/h2-7,10H,8-9H2,1H3,(H2,19,20,21). The summed E-state index contributed by atoms with van der Waals surface area (Å²) >= 11 is 13.4. The van der Waals surface area contributed by atoms with E-state index in [9.17, 15) is 4.79 Å². The van der Waals surface area contributed by atoms with Gasteiger partial charge in [0.1, 0.15) is 0 Å². The van der Waals surface area contributed by atoms with Gasteiger partial charge in [-0.25, -0.2) is 4.79 Å². The van der Waals surface area contributed by atoms with Gasteiger partial charge in [0.15, 0.2) is 0 Å². The first-order chi connectivity index (χ1) is 10.6. The van der Waals surface area contributed by atoms with Crippen molar-refractivity contribution in [2.75, 3.05) is 18.1 Å². The Bertz CT molecular complexity index is 664. The van der Waals surface area contributed by atoms with Crippen LogP contribution < -0.4 is 10.6 Å². The number of para-hydroxylation sites is 1. The predicted molar refractivity (Wildman–Crippen MR) is 95.4 cm³/mol. The van der Waals surface area contributed by atoms with Crippen molar-refractivity contribution in [1.29, 1.82) is 0 Å². The lowest BCUT2D eigenvalue weighted by Crippen LogP contribution is -2.30. The van der Waals surface area contributed by atoms with Crippen molar-refractivity contribution >= 4 is 46.7 Å². The number of rotatable bonds is 5. The lowest BCUT2D eigenvalue weighted by molar-refractivity contribution is 0.252. The molecular weight excluding hydrogens is 339 g/mol. The Labute approximate surface area is 144 Å². The lowest BCUT2D eigenvalue weighted by atomic mass is 10.1. The van der Waals surface area contributed by atoms with Gasteiger partial charge in [0.2, 0.25) is 0 Å². The molecular formula is C16H16Cl2N2OS. The summed E-state index contributed by atoms with van der Waals surface area (Å²) in [6.07, 6.45) is 2.66. The minimum Gasteiger partial charge on any atom is -0.338 e. The van der Waals surface area contributed by atoms with E-state index in [0.29, 0.717) is 23.0 Å². The molecule has 0 unspecified atom stereocenters. The van der Waals surface area contributed by atoms with E-state index in [-0.39, 0.29) is 6.03 Å². The number of amides is 2. The molecule has 0 aliphatic rings. The highest BCUT2D eigenvalue weighted by molar-refractivity contribution is 7.98. The fourth-order valence-corrected chi connectivity index (χ4v) is 2.80. The molecule has 2 aromatic carbocycles. The van der Waals surface area contributed by atoms with Crippen LogP contribution in [-0.2, 0) is 6.42 Å². The van der Waals surface area contributed by atoms with Crippen molar-refractivity contribution in [1.82, 2.24) is 5.32 Å². The Morgan fingerprint density at radius 2 is 1.91 bits per heavy atom. The number of hydrogen-bond acceptors (Lipinski definition) is 2. The van der Waals surface area contributed by atoms with Gasteiger partial charge >= 0.3 is 6.03 Å². The van der Waals surface area contributed by atoms with Crippen LogP contribution in [0.2, 0.25) is 10.0 Å². The van der Waals surface area contributed by atoms with Gasteiger partial charge < -0.3 is 10.6 Å². The monoisotopic (exact) mass is 354 g/mol.